The van der Waals surface area contributed by atoms with E-state index >= 15 is 0 Å². The number of pyridine rings is 1. The zero-order chi connectivity index (χ0) is 21.3. The smallest absolute Gasteiger partial charge is 0.406 e. The first-order chi connectivity index (χ1) is 14.4. The van der Waals surface area contributed by atoms with Crippen LogP contribution in [-0.4, -0.2) is 10.9 Å². The maximum Gasteiger partial charge on any atom is 0.573 e. The zero-order valence-corrected chi connectivity index (χ0v) is 15.9. The number of hydrogen-bond acceptors (Lipinski definition) is 5. The van der Waals surface area contributed by atoms with Crippen molar-refractivity contribution in [2.45, 2.75) is 6.36 Å². The van der Waals surface area contributed by atoms with Gasteiger partial charge in [0.15, 0.2) is 0 Å². The number of thiophene rings is 1. The van der Waals surface area contributed by atoms with Gasteiger partial charge in [0, 0.05) is 23.2 Å². The van der Waals surface area contributed by atoms with Gasteiger partial charge in [-0.2, -0.15) is 5.26 Å². The number of aromatic nitrogens is 1. The molecule has 9 heteroatoms. The average molecular weight is 427 g/mol. The molecule has 30 heavy (non-hydrogen) atoms. The maximum atomic E-state index is 12.5. The number of nitrogens with one attached hydrogen (secondary N) is 1. The van der Waals surface area contributed by atoms with Crippen molar-refractivity contribution in [1.29, 1.82) is 5.26 Å². The lowest BCUT2D eigenvalue weighted by Crippen LogP contribution is -2.17. The molecule has 1 N–H and O–H groups in total. The van der Waals surface area contributed by atoms with E-state index in [-0.39, 0.29) is 11.3 Å². The molecule has 2 aromatic carbocycles. The summed E-state index contributed by atoms with van der Waals surface area (Å²) in [5.41, 5.74) is 1.11. The first-order valence-corrected chi connectivity index (χ1v) is 9.44. The lowest BCUT2D eigenvalue weighted by Gasteiger charge is -2.11. The van der Waals surface area contributed by atoms with Gasteiger partial charge in [-0.1, -0.05) is 24.3 Å². The Balaban J connectivity index is 1.82. The predicted molar refractivity (Wildman–Crippen MR) is 109 cm³/mol. The number of fused-ring (bicyclic) bond motifs is 1. The topological polar surface area (TPSA) is 67.0 Å². The van der Waals surface area contributed by atoms with Crippen molar-refractivity contribution in [3.63, 3.8) is 0 Å². The SMILES string of the molecule is N#Cc1sc2c(ccc(=O)n2-c2ccccc2)c1Nc1cccc(OC(F)(F)F)c1. The van der Waals surface area contributed by atoms with Crippen LogP contribution in [0.3, 0.4) is 0 Å². The highest BCUT2D eigenvalue weighted by Crippen LogP contribution is 2.38. The summed E-state index contributed by atoms with van der Waals surface area (Å²) in [6, 6.07) is 19.4. The Morgan fingerprint density at radius 3 is 2.50 bits per heavy atom. The molecule has 0 saturated carbocycles. The van der Waals surface area contributed by atoms with E-state index in [0.717, 1.165) is 11.3 Å². The van der Waals surface area contributed by atoms with Gasteiger partial charge in [-0.15, -0.1) is 24.5 Å². The van der Waals surface area contributed by atoms with E-state index in [1.54, 1.807) is 36.4 Å². The minimum Gasteiger partial charge on any atom is -0.406 e. The molecule has 2 heterocycles. The van der Waals surface area contributed by atoms with Crippen molar-refractivity contribution in [2.75, 3.05) is 5.32 Å². The van der Waals surface area contributed by atoms with Gasteiger partial charge in [0.25, 0.3) is 5.56 Å². The lowest BCUT2D eigenvalue weighted by atomic mass is 10.2. The first-order valence-electron chi connectivity index (χ1n) is 8.62. The molecule has 0 spiro atoms. The van der Waals surface area contributed by atoms with Gasteiger partial charge in [0.2, 0.25) is 0 Å². The fraction of sp³-hybridized carbons (Fsp3) is 0.0476. The summed E-state index contributed by atoms with van der Waals surface area (Å²) in [6.07, 6.45) is -4.81. The number of ether oxygens (including phenoxy) is 1. The molecule has 0 aliphatic heterocycles. The molecule has 0 saturated heterocycles. The highest BCUT2D eigenvalue weighted by Gasteiger charge is 2.31. The van der Waals surface area contributed by atoms with E-state index in [1.807, 2.05) is 6.07 Å². The van der Waals surface area contributed by atoms with Crippen LogP contribution in [0.15, 0.2) is 71.5 Å². The van der Waals surface area contributed by atoms with Gasteiger partial charge in [0.1, 0.15) is 21.5 Å². The zero-order valence-electron chi connectivity index (χ0n) is 15.1. The van der Waals surface area contributed by atoms with Crippen molar-refractivity contribution in [2.24, 2.45) is 0 Å². The molecule has 0 fully saturated rings. The van der Waals surface area contributed by atoms with E-state index in [2.05, 4.69) is 16.1 Å². The Morgan fingerprint density at radius 2 is 1.80 bits per heavy atom. The Hall–Kier alpha value is -3.77. The summed E-state index contributed by atoms with van der Waals surface area (Å²) in [5.74, 6) is -0.383. The van der Waals surface area contributed by atoms with Gasteiger partial charge in [-0.05, 0) is 30.3 Å². The summed E-state index contributed by atoms with van der Waals surface area (Å²) in [5, 5.41) is 13.2. The van der Waals surface area contributed by atoms with Crippen molar-refractivity contribution < 1.29 is 17.9 Å². The molecule has 5 nitrogen and oxygen atoms in total. The van der Waals surface area contributed by atoms with Crippen LogP contribution in [0, 0.1) is 11.3 Å². The van der Waals surface area contributed by atoms with Gasteiger partial charge in [0.05, 0.1) is 11.4 Å². The highest BCUT2D eigenvalue weighted by molar-refractivity contribution is 7.20. The number of anilines is 2. The second kappa shape index (κ2) is 7.57. The average Bonchev–Trinajstić information content (AvgIpc) is 3.05. The standard InChI is InChI=1S/C21H12F3N3O2S/c22-21(23,24)29-15-8-4-5-13(11-15)26-19-16-9-10-18(28)27(14-6-2-1-3-7-14)20(16)30-17(19)12-25/h1-11,26H. The third kappa shape index (κ3) is 3.86. The van der Waals surface area contributed by atoms with Crippen LogP contribution in [-0.2, 0) is 0 Å². The van der Waals surface area contributed by atoms with E-state index in [1.165, 1.54) is 28.8 Å². The van der Waals surface area contributed by atoms with Crippen LogP contribution in [0.2, 0.25) is 0 Å². The molecular weight excluding hydrogens is 415 g/mol. The predicted octanol–water partition coefficient (Wildman–Crippen LogP) is 5.57. The van der Waals surface area contributed by atoms with Crippen molar-refractivity contribution in [1.82, 2.24) is 4.57 Å². The van der Waals surface area contributed by atoms with Gasteiger partial charge < -0.3 is 10.1 Å². The summed E-state index contributed by atoms with van der Waals surface area (Å²) < 4.78 is 43.0. The number of para-hydroxylation sites is 1. The number of benzene rings is 2. The molecule has 0 bridgehead atoms. The molecule has 4 aromatic rings. The van der Waals surface area contributed by atoms with E-state index < -0.39 is 6.36 Å². The Morgan fingerprint density at radius 1 is 1.03 bits per heavy atom. The van der Waals surface area contributed by atoms with Crippen molar-refractivity contribution in [3.8, 4) is 17.5 Å². The van der Waals surface area contributed by atoms with Crippen LogP contribution in [0.25, 0.3) is 15.9 Å². The normalized spacial score (nSPS) is 11.3. The van der Waals surface area contributed by atoms with Gasteiger partial charge in [-0.25, -0.2) is 0 Å². The Labute approximate surface area is 172 Å². The van der Waals surface area contributed by atoms with Crippen LogP contribution >= 0.6 is 11.3 Å². The highest BCUT2D eigenvalue weighted by atomic mass is 32.1. The van der Waals surface area contributed by atoms with E-state index in [0.29, 0.717) is 32.2 Å². The van der Waals surface area contributed by atoms with E-state index in [4.69, 9.17) is 0 Å². The molecule has 0 radical (unpaired) electrons. The molecule has 0 unspecified atom stereocenters. The van der Waals surface area contributed by atoms with Crippen molar-refractivity contribution >= 4 is 32.9 Å². The van der Waals surface area contributed by atoms with E-state index in [9.17, 15) is 23.2 Å². The van der Waals surface area contributed by atoms with Crippen molar-refractivity contribution in [3.05, 3.63) is 82.0 Å². The lowest BCUT2D eigenvalue weighted by molar-refractivity contribution is -0.274. The van der Waals surface area contributed by atoms with Gasteiger partial charge >= 0.3 is 6.36 Å². The largest absolute Gasteiger partial charge is 0.573 e. The number of rotatable bonds is 4. The summed E-state index contributed by atoms with van der Waals surface area (Å²) in [4.78, 5) is 13.4. The number of halogens is 3. The summed E-state index contributed by atoms with van der Waals surface area (Å²) in [7, 11) is 0. The van der Waals surface area contributed by atoms with Crippen LogP contribution in [0.4, 0.5) is 24.5 Å². The quantitative estimate of drug-likeness (QED) is 0.463. The number of hydrogen-bond donors (Lipinski definition) is 1. The number of nitriles is 1. The molecule has 0 amide bonds. The molecule has 0 aliphatic rings. The fourth-order valence-corrected chi connectivity index (χ4v) is 4.09. The van der Waals surface area contributed by atoms with Crippen LogP contribution in [0.1, 0.15) is 4.88 Å². The summed E-state index contributed by atoms with van der Waals surface area (Å²) in [6.45, 7) is 0. The van der Waals surface area contributed by atoms with Crippen LogP contribution in [0.5, 0.6) is 5.75 Å². The molecule has 2 aromatic heterocycles. The third-order valence-corrected chi connectivity index (χ3v) is 5.29. The molecule has 0 atom stereocenters. The monoisotopic (exact) mass is 427 g/mol. The molecular formula is C21H12F3N3O2S. The second-order valence-corrected chi connectivity index (χ2v) is 7.18. The second-order valence-electron chi connectivity index (χ2n) is 6.18. The maximum absolute atomic E-state index is 12.5. The molecule has 0 aliphatic carbocycles. The molecule has 150 valence electrons. The third-order valence-electron chi connectivity index (χ3n) is 4.19. The van der Waals surface area contributed by atoms with Crippen LogP contribution < -0.4 is 15.6 Å². The Kier molecular flexibility index (Phi) is 4.93. The minimum absolute atomic E-state index is 0.258. The summed E-state index contributed by atoms with van der Waals surface area (Å²) >= 11 is 1.12. The number of alkyl halides is 3. The number of nitrogens with zero attached hydrogens (tertiary/aromatic N) is 2. The fourth-order valence-electron chi connectivity index (χ4n) is 3.02. The van der Waals surface area contributed by atoms with Gasteiger partial charge in [-0.3, -0.25) is 9.36 Å². The Bertz CT molecular complexity index is 1320. The molecule has 4 rings (SSSR count). The minimum atomic E-state index is -4.81. The first kappa shape index (κ1) is 19.5.